The normalized spacial score (nSPS) is 21.6. The first-order valence-electron chi connectivity index (χ1n) is 6.29. The summed E-state index contributed by atoms with van der Waals surface area (Å²) in [5.41, 5.74) is 0.697. The average molecular weight is 341 g/mol. The van der Waals surface area contributed by atoms with E-state index < -0.39 is 0 Å². The van der Waals surface area contributed by atoms with Crippen molar-refractivity contribution < 1.29 is 9.72 Å². The fourth-order valence-electron chi connectivity index (χ4n) is 2.73. The molecule has 1 atom stereocenters. The Morgan fingerprint density at radius 2 is 2.20 bits per heavy atom. The average Bonchev–Trinajstić information content (AvgIpc) is 2.80. The predicted octanol–water partition coefficient (Wildman–Crippen LogP) is 1.57. The van der Waals surface area contributed by atoms with E-state index in [9.17, 15) is 14.9 Å². The van der Waals surface area contributed by atoms with Crippen molar-refractivity contribution in [1.82, 2.24) is 10.2 Å². The highest BCUT2D eigenvalue weighted by atomic mass is 79.9. The van der Waals surface area contributed by atoms with Crippen LogP contribution in [0, 0.1) is 10.1 Å². The van der Waals surface area contributed by atoms with E-state index in [0.29, 0.717) is 36.3 Å². The van der Waals surface area contributed by atoms with Crippen molar-refractivity contribution in [3.05, 3.63) is 32.8 Å². The number of amides is 2. The smallest absolute Gasteiger partial charge is 0.317 e. The number of nitro benzene ring substituents is 1. The summed E-state index contributed by atoms with van der Waals surface area (Å²) in [6, 6.07) is 5.11. The highest BCUT2D eigenvalue weighted by Gasteiger charge is 2.36. The second-order valence-corrected chi connectivity index (χ2v) is 5.79. The second kappa shape index (κ2) is 4.93. The minimum absolute atomic E-state index is 0.0417. The van der Waals surface area contributed by atoms with E-state index in [1.807, 2.05) is 4.90 Å². The Bertz CT molecular complexity index is 580. The summed E-state index contributed by atoms with van der Waals surface area (Å²) in [4.78, 5) is 26.1. The highest BCUT2D eigenvalue weighted by Crippen LogP contribution is 2.32. The monoisotopic (exact) mass is 340 g/mol. The highest BCUT2D eigenvalue weighted by molar-refractivity contribution is 9.10. The van der Waals surface area contributed by atoms with Crippen molar-refractivity contribution in [2.45, 2.75) is 6.04 Å². The van der Waals surface area contributed by atoms with Gasteiger partial charge in [-0.25, -0.2) is 4.79 Å². The van der Waals surface area contributed by atoms with Crippen LogP contribution >= 0.6 is 15.9 Å². The van der Waals surface area contributed by atoms with Gasteiger partial charge in [0.2, 0.25) is 0 Å². The van der Waals surface area contributed by atoms with Crippen molar-refractivity contribution in [1.29, 1.82) is 0 Å². The number of hydrogen-bond acceptors (Lipinski definition) is 4. The lowest BCUT2D eigenvalue weighted by Crippen LogP contribution is -2.52. The topological polar surface area (TPSA) is 78.7 Å². The molecule has 8 heteroatoms. The van der Waals surface area contributed by atoms with Crippen LogP contribution in [0.15, 0.2) is 22.7 Å². The zero-order valence-electron chi connectivity index (χ0n) is 10.6. The van der Waals surface area contributed by atoms with Gasteiger partial charge in [-0.1, -0.05) is 15.9 Å². The number of piperazine rings is 1. The van der Waals surface area contributed by atoms with Gasteiger partial charge in [-0.2, -0.15) is 0 Å². The zero-order chi connectivity index (χ0) is 14.3. The molecule has 1 unspecified atom stereocenters. The molecule has 1 aromatic rings. The zero-order valence-corrected chi connectivity index (χ0v) is 12.2. The molecule has 0 radical (unpaired) electrons. The Balaban J connectivity index is 1.87. The molecule has 2 aliphatic heterocycles. The maximum Gasteiger partial charge on any atom is 0.317 e. The lowest BCUT2D eigenvalue weighted by molar-refractivity contribution is -0.384. The van der Waals surface area contributed by atoms with Gasteiger partial charge in [-0.15, -0.1) is 0 Å². The van der Waals surface area contributed by atoms with Crippen LogP contribution in [0.5, 0.6) is 0 Å². The molecule has 106 valence electrons. The molecule has 1 aromatic carbocycles. The Labute approximate surface area is 123 Å². The standard InChI is InChI=1S/C12H13BrN4O3/c13-8-1-2-10(11(5-8)17(19)20)15-3-4-16-9(7-15)6-14-12(16)18/h1-2,5,9H,3-4,6-7H2,(H,14,18). The van der Waals surface area contributed by atoms with Gasteiger partial charge in [0.15, 0.2) is 0 Å². The Hall–Kier alpha value is -1.83. The van der Waals surface area contributed by atoms with Crippen LogP contribution in [0.4, 0.5) is 16.2 Å². The summed E-state index contributed by atoms with van der Waals surface area (Å²) in [6.45, 7) is 2.40. The quantitative estimate of drug-likeness (QED) is 0.654. The predicted molar refractivity (Wildman–Crippen MR) is 76.9 cm³/mol. The van der Waals surface area contributed by atoms with Crippen molar-refractivity contribution >= 4 is 33.3 Å². The molecular formula is C12H13BrN4O3. The first-order valence-corrected chi connectivity index (χ1v) is 7.09. The fraction of sp³-hybridized carbons (Fsp3) is 0.417. The number of hydrogen-bond donors (Lipinski definition) is 1. The van der Waals surface area contributed by atoms with Crippen molar-refractivity contribution in [2.75, 3.05) is 31.1 Å². The number of carbonyl (C=O) groups is 1. The van der Waals surface area contributed by atoms with Crippen LogP contribution < -0.4 is 10.2 Å². The van der Waals surface area contributed by atoms with E-state index in [0.717, 1.165) is 0 Å². The van der Waals surface area contributed by atoms with Gasteiger partial charge in [0.25, 0.3) is 5.69 Å². The summed E-state index contributed by atoms with van der Waals surface area (Å²) in [5.74, 6) is 0. The van der Waals surface area contributed by atoms with Crippen LogP contribution in [-0.4, -0.2) is 48.1 Å². The number of nitrogens with zero attached hydrogens (tertiary/aromatic N) is 3. The number of benzene rings is 1. The molecule has 20 heavy (non-hydrogen) atoms. The summed E-state index contributed by atoms with van der Waals surface area (Å²) in [5, 5.41) is 14.0. The van der Waals surface area contributed by atoms with Gasteiger partial charge in [0.1, 0.15) is 5.69 Å². The number of rotatable bonds is 2. The van der Waals surface area contributed by atoms with Crippen LogP contribution in [0.25, 0.3) is 0 Å². The van der Waals surface area contributed by atoms with E-state index in [2.05, 4.69) is 21.2 Å². The number of urea groups is 1. The summed E-state index contributed by atoms with van der Waals surface area (Å²) in [6.07, 6.45) is 0. The molecule has 0 saturated carbocycles. The summed E-state index contributed by atoms with van der Waals surface area (Å²) < 4.78 is 0.685. The molecule has 2 aliphatic rings. The third kappa shape index (κ3) is 2.20. The van der Waals surface area contributed by atoms with E-state index in [-0.39, 0.29) is 22.7 Å². The molecule has 3 rings (SSSR count). The molecule has 2 amide bonds. The lowest BCUT2D eigenvalue weighted by atomic mass is 10.1. The number of halogens is 1. The Morgan fingerprint density at radius 3 is 2.95 bits per heavy atom. The minimum Gasteiger partial charge on any atom is -0.362 e. The molecule has 0 aromatic heterocycles. The van der Waals surface area contributed by atoms with Crippen LogP contribution in [-0.2, 0) is 0 Å². The molecule has 7 nitrogen and oxygen atoms in total. The van der Waals surface area contributed by atoms with Gasteiger partial charge in [0.05, 0.1) is 11.0 Å². The Morgan fingerprint density at radius 1 is 1.40 bits per heavy atom. The first kappa shape index (κ1) is 13.2. The number of anilines is 1. The molecule has 0 bridgehead atoms. The van der Waals surface area contributed by atoms with Crippen molar-refractivity contribution in [3.8, 4) is 0 Å². The third-order valence-corrected chi connectivity index (χ3v) is 4.20. The van der Waals surface area contributed by atoms with Crippen LogP contribution in [0.2, 0.25) is 0 Å². The minimum atomic E-state index is -0.371. The molecular weight excluding hydrogens is 328 g/mol. The maximum absolute atomic E-state index is 11.6. The molecule has 0 aliphatic carbocycles. The van der Waals surface area contributed by atoms with Gasteiger partial charge in [-0.3, -0.25) is 10.1 Å². The number of nitrogens with one attached hydrogen (secondary N) is 1. The number of fused-ring (bicyclic) bond motifs is 1. The van der Waals surface area contributed by atoms with Crippen LogP contribution in [0.3, 0.4) is 0 Å². The second-order valence-electron chi connectivity index (χ2n) is 4.87. The van der Waals surface area contributed by atoms with Gasteiger partial charge >= 0.3 is 6.03 Å². The third-order valence-electron chi connectivity index (χ3n) is 3.71. The largest absolute Gasteiger partial charge is 0.362 e. The van der Waals surface area contributed by atoms with Crippen LogP contribution in [0.1, 0.15) is 0 Å². The number of carbonyl (C=O) groups excluding carboxylic acids is 1. The van der Waals surface area contributed by atoms with E-state index >= 15 is 0 Å². The molecule has 2 saturated heterocycles. The summed E-state index contributed by atoms with van der Waals surface area (Å²) >= 11 is 3.26. The fourth-order valence-corrected chi connectivity index (χ4v) is 3.08. The molecule has 2 fully saturated rings. The van der Waals surface area contributed by atoms with Gasteiger partial charge in [-0.05, 0) is 12.1 Å². The SMILES string of the molecule is O=C1NCC2CN(c3ccc(Br)cc3[N+](=O)[O-])CCN12. The first-order chi connectivity index (χ1) is 9.56. The molecule has 2 heterocycles. The maximum atomic E-state index is 11.6. The van der Waals surface area contributed by atoms with Crippen molar-refractivity contribution in [2.24, 2.45) is 0 Å². The molecule has 0 spiro atoms. The van der Waals surface area contributed by atoms with E-state index in [1.54, 1.807) is 17.0 Å². The van der Waals surface area contributed by atoms with Gasteiger partial charge in [0, 0.05) is 36.7 Å². The molecule has 1 N–H and O–H groups in total. The number of nitro groups is 1. The van der Waals surface area contributed by atoms with E-state index in [1.165, 1.54) is 6.07 Å². The van der Waals surface area contributed by atoms with Crippen molar-refractivity contribution in [3.63, 3.8) is 0 Å². The van der Waals surface area contributed by atoms with Gasteiger partial charge < -0.3 is 15.1 Å². The summed E-state index contributed by atoms with van der Waals surface area (Å²) in [7, 11) is 0. The Kier molecular flexibility index (Phi) is 3.25. The lowest BCUT2D eigenvalue weighted by Gasteiger charge is -2.37. The van der Waals surface area contributed by atoms with E-state index in [4.69, 9.17) is 0 Å².